The van der Waals surface area contributed by atoms with Gasteiger partial charge < -0.3 is 14.8 Å². The first-order valence-electron chi connectivity index (χ1n) is 8.74. The molecule has 1 aromatic carbocycles. The fourth-order valence-corrected chi connectivity index (χ4v) is 3.66. The molecule has 1 unspecified atom stereocenters. The smallest absolute Gasteiger partial charge is 0.226 e. The summed E-state index contributed by atoms with van der Waals surface area (Å²) in [5.74, 6) is 1.39. The van der Waals surface area contributed by atoms with Crippen molar-refractivity contribution in [2.24, 2.45) is 0 Å². The third kappa shape index (κ3) is 4.09. The summed E-state index contributed by atoms with van der Waals surface area (Å²) in [6.07, 6.45) is 1.97. The first-order chi connectivity index (χ1) is 13.2. The minimum Gasteiger partial charge on any atom is -0.486 e. The Hall–Kier alpha value is -2.93. The zero-order valence-corrected chi connectivity index (χ0v) is 15.7. The number of carbonyl (C=O) groups excluding carboxylic acids is 1. The van der Waals surface area contributed by atoms with Crippen molar-refractivity contribution in [3.05, 3.63) is 59.2 Å². The minimum absolute atomic E-state index is 0.0738. The standard InChI is InChI=1S/C20H19N3O3S/c1-13(14-5-6-17-18(10-14)26-9-8-25-17)22-19(24)11-15-12-27-20(23-15)16-4-2-3-7-21-16/h2-7,10,12-13H,8-9,11H2,1H3,(H,22,24). The van der Waals surface area contributed by atoms with Crippen LogP contribution in [-0.2, 0) is 11.2 Å². The van der Waals surface area contributed by atoms with E-state index in [9.17, 15) is 4.79 Å². The number of ether oxygens (including phenoxy) is 2. The van der Waals surface area contributed by atoms with E-state index in [2.05, 4.69) is 15.3 Å². The van der Waals surface area contributed by atoms with Crippen LogP contribution < -0.4 is 14.8 Å². The van der Waals surface area contributed by atoms with Crippen molar-refractivity contribution in [2.45, 2.75) is 19.4 Å². The molecular formula is C20H19N3O3S. The van der Waals surface area contributed by atoms with E-state index in [0.29, 0.717) is 13.2 Å². The van der Waals surface area contributed by atoms with Crippen LogP contribution >= 0.6 is 11.3 Å². The summed E-state index contributed by atoms with van der Waals surface area (Å²) in [7, 11) is 0. The van der Waals surface area contributed by atoms with E-state index in [4.69, 9.17) is 9.47 Å². The molecule has 1 aliphatic heterocycles. The highest BCUT2D eigenvalue weighted by Gasteiger charge is 2.17. The molecule has 1 atom stereocenters. The maximum Gasteiger partial charge on any atom is 0.226 e. The van der Waals surface area contributed by atoms with Crippen LogP contribution in [-0.4, -0.2) is 29.1 Å². The summed E-state index contributed by atoms with van der Waals surface area (Å²) in [4.78, 5) is 21.2. The van der Waals surface area contributed by atoms with E-state index in [1.165, 1.54) is 11.3 Å². The van der Waals surface area contributed by atoms with Crippen LogP contribution in [0.2, 0.25) is 0 Å². The Morgan fingerprint density at radius 1 is 1.22 bits per heavy atom. The second-order valence-electron chi connectivity index (χ2n) is 6.23. The maximum atomic E-state index is 12.4. The molecule has 6 nitrogen and oxygen atoms in total. The molecule has 1 amide bonds. The molecule has 0 saturated heterocycles. The Bertz CT molecular complexity index is 943. The molecule has 138 valence electrons. The van der Waals surface area contributed by atoms with Crippen LogP contribution in [0.5, 0.6) is 11.5 Å². The quantitative estimate of drug-likeness (QED) is 0.733. The predicted octanol–water partition coefficient (Wildman–Crippen LogP) is 3.40. The van der Waals surface area contributed by atoms with Crippen molar-refractivity contribution in [2.75, 3.05) is 13.2 Å². The molecule has 0 bridgehead atoms. The molecular weight excluding hydrogens is 362 g/mol. The number of aromatic nitrogens is 2. The molecule has 27 heavy (non-hydrogen) atoms. The largest absolute Gasteiger partial charge is 0.486 e. The molecule has 0 aliphatic carbocycles. The zero-order valence-electron chi connectivity index (χ0n) is 14.8. The Morgan fingerprint density at radius 3 is 2.89 bits per heavy atom. The number of carbonyl (C=O) groups is 1. The molecule has 0 fully saturated rings. The van der Waals surface area contributed by atoms with Gasteiger partial charge in [0.1, 0.15) is 18.2 Å². The lowest BCUT2D eigenvalue weighted by Gasteiger charge is -2.21. The number of nitrogens with one attached hydrogen (secondary N) is 1. The molecule has 1 aliphatic rings. The van der Waals surface area contributed by atoms with Crippen LogP contribution in [0.1, 0.15) is 24.2 Å². The van der Waals surface area contributed by atoms with Gasteiger partial charge in [0.25, 0.3) is 0 Å². The van der Waals surface area contributed by atoms with Crippen LogP contribution in [0.4, 0.5) is 0 Å². The molecule has 7 heteroatoms. The van der Waals surface area contributed by atoms with Gasteiger partial charge in [0.15, 0.2) is 11.5 Å². The van der Waals surface area contributed by atoms with E-state index in [1.54, 1.807) is 6.20 Å². The summed E-state index contributed by atoms with van der Waals surface area (Å²) in [5.41, 5.74) is 2.53. The van der Waals surface area contributed by atoms with E-state index < -0.39 is 0 Å². The molecule has 2 aromatic heterocycles. The van der Waals surface area contributed by atoms with Crippen molar-refractivity contribution in [1.29, 1.82) is 0 Å². The summed E-state index contributed by atoms with van der Waals surface area (Å²) in [5, 5.41) is 5.73. The highest BCUT2D eigenvalue weighted by atomic mass is 32.1. The minimum atomic E-state index is -0.137. The lowest BCUT2D eigenvalue weighted by molar-refractivity contribution is -0.121. The van der Waals surface area contributed by atoms with Crippen molar-refractivity contribution < 1.29 is 14.3 Å². The van der Waals surface area contributed by atoms with Crippen molar-refractivity contribution in [3.8, 4) is 22.2 Å². The number of pyridine rings is 1. The van der Waals surface area contributed by atoms with Gasteiger partial charge in [-0.05, 0) is 36.8 Å². The second-order valence-corrected chi connectivity index (χ2v) is 7.09. The Kier molecular flexibility index (Phi) is 5.02. The number of hydrogen-bond donors (Lipinski definition) is 1. The SMILES string of the molecule is CC(NC(=O)Cc1csc(-c2ccccn2)n1)c1ccc2c(c1)OCCO2. The normalized spacial score (nSPS) is 13.8. The molecule has 3 heterocycles. The molecule has 3 aromatic rings. The number of rotatable bonds is 5. The number of nitrogens with zero attached hydrogens (tertiary/aromatic N) is 2. The summed E-state index contributed by atoms with van der Waals surface area (Å²) < 4.78 is 11.1. The Balaban J connectivity index is 1.39. The van der Waals surface area contributed by atoms with E-state index in [1.807, 2.05) is 48.7 Å². The van der Waals surface area contributed by atoms with Gasteiger partial charge in [0.05, 0.1) is 23.9 Å². The Morgan fingerprint density at radius 2 is 2.07 bits per heavy atom. The maximum absolute atomic E-state index is 12.4. The topological polar surface area (TPSA) is 73.3 Å². The predicted molar refractivity (Wildman–Crippen MR) is 103 cm³/mol. The number of thiazole rings is 1. The second kappa shape index (κ2) is 7.75. The molecule has 1 N–H and O–H groups in total. The molecule has 0 spiro atoms. The van der Waals surface area contributed by atoms with Crippen molar-refractivity contribution in [3.63, 3.8) is 0 Å². The van der Waals surface area contributed by atoms with Crippen LogP contribution in [0, 0.1) is 0 Å². The average molecular weight is 381 g/mol. The summed E-state index contributed by atoms with van der Waals surface area (Å²) >= 11 is 1.49. The zero-order chi connectivity index (χ0) is 18.6. The first kappa shape index (κ1) is 17.5. The van der Waals surface area contributed by atoms with Gasteiger partial charge >= 0.3 is 0 Å². The number of amides is 1. The fraction of sp³-hybridized carbons (Fsp3) is 0.250. The summed E-state index contributed by atoms with van der Waals surface area (Å²) in [6.45, 7) is 3.05. The van der Waals surface area contributed by atoms with Crippen LogP contribution in [0.3, 0.4) is 0 Å². The lowest BCUT2D eigenvalue weighted by Crippen LogP contribution is -2.28. The highest BCUT2D eigenvalue weighted by molar-refractivity contribution is 7.13. The number of hydrogen-bond acceptors (Lipinski definition) is 6. The van der Waals surface area contributed by atoms with Gasteiger partial charge in [-0.2, -0.15) is 0 Å². The monoisotopic (exact) mass is 381 g/mol. The molecule has 0 radical (unpaired) electrons. The van der Waals surface area contributed by atoms with Crippen molar-refractivity contribution in [1.82, 2.24) is 15.3 Å². The number of benzene rings is 1. The van der Waals surface area contributed by atoms with E-state index in [-0.39, 0.29) is 18.4 Å². The van der Waals surface area contributed by atoms with Gasteiger partial charge in [0.2, 0.25) is 5.91 Å². The average Bonchev–Trinajstić information content (AvgIpc) is 3.16. The first-order valence-corrected chi connectivity index (χ1v) is 9.62. The van der Waals surface area contributed by atoms with Gasteiger partial charge in [-0.15, -0.1) is 11.3 Å². The van der Waals surface area contributed by atoms with Gasteiger partial charge in [-0.3, -0.25) is 9.78 Å². The van der Waals surface area contributed by atoms with Gasteiger partial charge in [0, 0.05) is 11.6 Å². The van der Waals surface area contributed by atoms with Gasteiger partial charge in [-0.25, -0.2) is 4.98 Å². The van der Waals surface area contributed by atoms with Crippen molar-refractivity contribution >= 4 is 17.2 Å². The molecule has 0 saturated carbocycles. The lowest BCUT2D eigenvalue weighted by atomic mass is 10.1. The third-order valence-corrected chi connectivity index (χ3v) is 5.13. The van der Waals surface area contributed by atoms with E-state index in [0.717, 1.165) is 33.5 Å². The third-order valence-electron chi connectivity index (χ3n) is 4.22. The summed E-state index contributed by atoms with van der Waals surface area (Å²) in [6, 6.07) is 11.3. The van der Waals surface area contributed by atoms with Crippen LogP contribution in [0.15, 0.2) is 48.0 Å². The van der Waals surface area contributed by atoms with Gasteiger partial charge in [-0.1, -0.05) is 12.1 Å². The van der Waals surface area contributed by atoms with E-state index >= 15 is 0 Å². The van der Waals surface area contributed by atoms with Crippen LogP contribution in [0.25, 0.3) is 10.7 Å². The molecule has 4 rings (SSSR count). The Labute approximate surface area is 161 Å². The number of fused-ring (bicyclic) bond motifs is 1. The highest BCUT2D eigenvalue weighted by Crippen LogP contribution is 2.32. The fourth-order valence-electron chi connectivity index (χ4n) is 2.86.